The van der Waals surface area contributed by atoms with Crippen LogP contribution in [0.2, 0.25) is 0 Å². The van der Waals surface area contributed by atoms with Crippen LogP contribution in [0.25, 0.3) is 22.3 Å². The largest absolute Gasteiger partial charge is 0.455 e. The molecule has 0 spiro atoms. The van der Waals surface area contributed by atoms with Crippen LogP contribution < -0.4 is 9.62 Å². The first-order chi connectivity index (χ1) is 14.8. The number of aliphatic hydroxyl groups is 1. The Hall–Kier alpha value is -2.91. The van der Waals surface area contributed by atoms with Gasteiger partial charge in [0.1, 0.15) is 11.4 Å². The molecule has 2 heterocycles. The Morgan fingerprint density at radius 3 is 2.71 bits per heavy atom. The molecular weight excluding hydrogens is 423 g/mol. The summed E-state index contributed by atoms with van der Waals surface area (Å²) >= 11 is 0. The molecule has 9 heteroatoms. The molecule has 0 bridgehead atoms. The van der Waals surface area contributed by atoms with E-state index in [9.17, 15) is 22.7 Å². The number of benzene rings is 2. The monoisotopic (exact) mass is 446 g/mol. The maximum absolute atomic E-state index is 14.5. The summed E-state index contributed by atoms with van der Waals surface area (Å²) in [5.74, 6) is -1.22. The van der Waals surface area contributed by atoms with Crippen molar-refractivity contribution in [3.05, 3.63) is 53.3 Å². The minimum Gasteiger partial charge on any atom is -0.455 e. The third-order valence-corrected chi connectivity index (χ3v) is 6.83. The van der Waals surface area contributed by atoms with Gasteiger partial charge in [-0.25, -0.2) is 12.8 Å². The van der Waals surface area contributed by atoms with Crippen molar-refractivity contribution in [2.24, 2.45) is 0 Å². The van der Waals surface area contributed by atoms with Gasteiger partial charge in [0.15, 0.2) is 5.76 Å². The standard InChI is InChI=1S/C22H23FN2O5S/c1-24-22(27)20-16-10-15-13(12-26)6-5-9-25(31(2,28)29)18(15)11-19(16)30-21(20)14-7-3-4-8-17(14)23/h3-4,7-8,10-11,13,26H,5-6,9,12H2,1-2H3,(H,24,27). The molecule has 0 radical (unpaired) electrons. The minimum absolute atomic E-state index is 0.0686. The molecule has 0 fully saturated rings. The van der Waals surface area contributed by atoms with Crippen LogP contribution in [0.4, 0.5) is 10.1 Å². The van der Waals surface area contributed by atoms with Gasteiger partial charge < -0.3 is 14.8 Å². The zero-order valence-electron chi connectivity index (χ0n) is 17.2. The van der Waals surface area contributed by atoms with Gasteiger partial charge in [0.2, 0.25) is 10.0 Å². The van der Waals surface area contributed by atoms with Crippen LogP contribution in [0.1, 0.15) is 34.7 Å². The molecule has 0 saturated heterocycles. The van der Waals surface area contributed by atoms with Crippen LogP contribution in [0.15, 0.2) is 40.8 Å². The van der Waals surface area contributed by atoms with Crippen molar-refractivity contribution in [2.45, 2.75) is 18.8 Å². The van der Waals surface area contributed by atoms with Crippen LogP contribution in [0.3, 0.4) is 0 Å². The lowest BCUT2D eigenvalue weighted by Crippen LogP contribution is -2.30. The molecule has 2 aromatic carbocycles. The number of halogens is 1. The number of nitrogens with zero attached hydrogens (tertiary/aromatic N) is 1. The molecule has 1 aliphatic rings. The van der Waals surface area contributed by atoms with Crippen LogP contribution in [-0.2, 0) is 10.0 Å². The number of sulfonamides is 1. The summed E-state index contributed by atoms with van der Waals surface area (Å²) in [5, 5.41) is 12.9. The number of carbonyl (C=O) groups excluding carboxylic acids is 1. The molecule has 0 aliphatic carbocycles. The number of fused-ring (bicyclic) bond motifs is 2. The summed E-state index contributed by atoms with van der Waals surface area (Å²) < 4.78 is 46.7. The van der Waals surface area contributed by atoms with E-state index in [1.54, 1.807) is 24.3 Å². The molecule has 1 amide bonds. The molecule has 1 aromatic heterocycles. The zero-order chi connectivity index (χ0) is 22.3. The summed E-state index contributed by atoms with van der Waals surface area (Å²) in [7, 11) is -2.11. The average molecular weight is 447 g/mol. The van der Waals surface area contributed by atoms with Crippen LogP contribution in [0.5, 0.6) is 0 Å². The molecular formula is C22H23FN2O5S. The van der Waals surface area contributed by atoms with E-state index in [-0.39, 0.29) is 41.5 Å². The maximum Gasteiger partial charge on any atom is 0.255 e. The number of amides is 1. The summed E-state index contributed by atoms with van der Waals surface area (Å²) in [5.41, 5.74) is 1.58. The number of carbonyl (C=O) groups is 1. The van der Waals surface area contributed by atoms with Gasteiger partial charge >= 0.3 is 0 Å². The fourth-order valence-electron chi connectivity index (χ4n) is 4.17. The Balaban J connectivity index is 2.07. The van der Waals surface area contributed by atoms with Crippen molar-refractivity contribution in [3.8, 4) is 11.3 Å². The highest BCUT2D eigenvalue weighted by Crippen LogP contribution is 2.42. The highest BCUT2D eigenvalue weighted by atomic mass is 32.2. The number of furan rings is 1. The van der Waals surface area contributed by atoms with E-state index in [0.29, 0.717) is 29.5 Å². The van der Waals surface area contributed by atoms with Gasteiger partial charge in [0.05, 0.1) is 29.7 Å². The number of hydrogen-bond acceptors (Lipinski definition) is 5. The van der Waals surface area contributed by atoms with Crippen molar-refractivity contribution in [1.82, 2.24) is 5.32 Å². The van der Waals surface area contributed by atoms with E-state index in [1.165, 1.54) is 23.5 Å². The van der Waals surface area contributed by atoms with Crippen molar-refractivity contribution in [2.75, 3.05) is 30.8 Å². The lowest BCUT2D eigenvalue weighted by Gasteiger charge is -2.23. The topological polar surface area (TPSA) is 99.8 Å². The predicted octanol–water partition coefficient (Wildman–Crippen LogP) is 3.23. The summed E-state index contributed by atoms with van der Waals surface area (Å²) in [6.07, 6.45) is 2.30. The SMILES string of the molecule is CNC(=O)c1c(-c2ccccc2F)oc2cc3c(cc12)C(CO)CCCN3S(C)(=O)=O. The Kier molecular flexibility index (Phi) is 5.49. The van der Waals surface area contributed by atoms with E-state index in [0.717, 1.165) is 6.26 Å². The second-order valence-corrected chi connectivity index (χ2v) is 9.54. The van der Waals surface area contributed by atoms with Crippen molar-refractivity contribution in [1.29, 1.82) is 0 Å². The maximum atomic E-state index is 14.5. The normalized spacial score (nSPS) is 16.8. The van der Waals surface area contributed by atoms with Crippen LogP contribution >= 0.6 is 0 Å². The van der Waals surface area contributed by atoms with Gasteiger partial charge in [-0.05, 0) is 36.6 Å². The lowest BCUT2D eigenvalue weighted by atomic mass is 9.92. The molecule has 1 unspecified atom stereocenters. The molecule has 3 aromatic rings. The van der Waals surface area contributed by atoms with Crippen LogP contribution in [0, 0.1) is 5.82 Å². The number of anilines is 1. The second-order valence-electron chi connectivity index (χ2n) is 7.63. The van der Waals surface area contributed by atoms with Crippen molar-refractivity contribution < 1.29 is 27.1 Å². The van der Waals surface area contributed by atoms with E-state index in [1.807, 2.05) is 0 Å². The second kappa shape index (κ2) is 7.97. The van der Waals surface area contributed by atoms with Gasteiger partial charge in [0, 0.05) is 31.0 Å². The van der Waals surface area contributed by atoms with Crippen molar-refractivity contribution >= 4 is 32.6 Å². The number of rotatable bonds is 4. The van der Waals surface area contributed by atoms with Crippen LogP contribution in [-0.4, -0.2) is 45.9 Å². The van der Waals surface area contributed by atoms with E-state index >= 15 is 0 Å². The van der Waals surface area contributed by atoms with Gasteiger partial charge in [0.25, 0.3) is 5.91 Å². The van der Waals surface area contributed by atoms with E-state index < -0.39 is 21.7 Å². The first kappa shape index (κ1) is 21.3. The average Bonchev–Trinajstić information content (AvgIpc) is 2.99. The summed E-state index contributed by atoms with van der Waals surface area (Å²) in [6.45, 7) is 0.112. The van der Waals surface area contributed by atoms with Gasteiger partial charge in [-0.2, -0.15) is 0 Å². The third-order valence-electron chi connectivity index (χ3n) is 5.65. The zero-order valence-corrected chi connectivity index (χ0v) is 18.0. The van der Waals surface area contributed by atoms with Gasteiger partial charge in [-0.15, -0.1) is 0 Å². The fourth-order valence-corrected chi connectivity index (χ4v) is 5.14. The quantitative estimate of drug-likeness (QED) is 0.641. The fraction of sp³-hybridized carbons (Fsp3) is 0.318. The summed E-state index contributed by atoms with van der Waals surface area (Å²) in [4.78, 5) is 12.8. The molecule has 4 rings (SSSR count). The lowest BCUT2D eigenvalue weighted by molar-refractivity contribution is 0.0964. The Bertz CT molecular complexity index is 1270. The first-order valence-corrected chi connectivity index (χ1v) is 11.8. The molecule has 31 heavy (non-hydrogen) atoms. The minimum atomic E-state index is -3.58. The molecule has 2 N–H and O–H groups in total. The predicted molar refractivity (Wildman–Crippen MR) is 116 cm³/mol. The summed E-state index contributed by atoms with van der Waals surface area (Å²) in [6, 6.07) is 9.23. The molecule has 1 atom stereocenters. The van der Waals surface area contributed by atoms with Gasteiger partial charge in [-0.1, -0.05) is 12.1 Å². The highest BCUT2D eigenvalue weighted by Gasteiger charge is 2.31. The Labute approximate surface area is 179 Å². The molecule has 0 saturated carbocycles. The van der Waals surface area contributed by atoms with Crippen molar-refractivity contribution in [3.63, 3.8) is 0 Å². The smallest absolute Gasteiger partial charge is 0.255 e. The number of nitrogens with one attached hydrogen (secondary N) is 1. The molecule has 1 aliphatic heterocycles. The molecule has 164 valence electrons. The number of hydrogen-bond donors (Lipinski definition) is 2. The van der Waals surface area contributed by atoms with Gasteiger partial charge in [-0.3, -0.25) is 9.10 Å². The number of aliphatic hydroxyl groups excluding tert-OH is 1. The highest BCUT2D eigenvalue weighted by molar-refractivity contribution is 7.92. The molecule has 7 nitrogen and oxygen atoms in total. The van der Waals surface area contributed by atoms with E-state index in [2.05, 4.69) is 5.32 Å². The first-order valence-electron chi connectivity index (χ1n) is 9.92. The Morgan fingerprint density at radius 2 is 2.06 bits per heavy atom. The Morgan fingerprint density at radius 1 is 1.32 bits per heavy atom. The van der Waals surface area contributed by atoms with E-state index in [4.69, 9.17) is 4.42 Å². The third kappa shape index (κ3) is 3.68.